The van der Waals surface area contributed by atoms with Gasteiger partial charge in [-0.05, 0) is 43.5 Å². The summed E-state index contributed by atoms with van der Waals surface area (Å²) in [5, 5.41) is 9.79. The number of aryl methyl sites for hydroxylation is 1. The minimum Gasteiger partial charge on any atom is -0.391 e. The van der Waals surface area contributed by atoms with Crippen molar-refractivity contribution in [3.8, 4) is 0 Å². The summed E-state index contributed by atoms with van der Waals surface area (Å²) in [7, 11) is -3.79. The number of rotatable bonds is 3. The van der Waals surface area contributed by atoms with Crippen molar-refractivity contribution in [3.63, 3.8) is 0 Å². The standard InChI is InChI=1S/C13H18FNO3S/c1-9-6-10(14)8-11(7-9)19(17,18)15-12-4-2-3-5-13(12)16/h6-8,12-13,15-16H,2-5H2,1H3. The monoisotopic (exact) mass is 287 g/mol. The molecule has 1 saturated carbocycles. The molecule has 1 fully saturated rings. The summed E-state index contributed by atoms with van der Waals surface area (Å²) in [5.41, 5.74) is 0.546. The van der Waals surface area contributed by atoms with Gasteiger partial charge in [-0.2, -0.15) is 0 Å². The van der Waals surface area contributed by atoms with E-state index in [4.69, 9.17) is 0 Å². The highest BCUT2D eigenvalue weighted by atomic mass is 32.2. The van der Waals surface area contributed by atoms with E-state index < -0.39 is 28.0 Å². The number of aliphatic hydroxyl groups is 1. The first kappa shape index (κ1) is 14.4. The summed E-state index contributed by atoms with van der Waals surface area (Å²) in [4.78, 5) is -0.0947. The molecule has 0 heterocycles. The molecule has 0 aromatic heterocycles. The maximum Gasteiger partial charge on any atom is 0.241 e. The lowest BCUT2D eigenvalue weighted by molar-refractivity contribution is 0.101. The molecule has 2 N–H and O–H groups in total. The summed E-state index contributed by atoms with van der Waals surface area (Å²) >= 11 is 0. The molecule has 0 radical (unpaired) electrons. The summed E-state index contributed by atoms with van der Waals surface area (Å²) < 4.78 is 40.1. The Bertz CT molecular complexity index is 539. The SMILES string of the molecule is Cc1cc(F)cc(S(=O)(=O)NC2CCCCC2O)c1. The Kier molecular flexibility index (Phi) is 4.23. The van der Waals surface area contributed by atoms with Gasteiger partial charge in [0.2, 0.25) is 10.0 Å². The second-order valence-corrected chi connectivity index (χ2v) is 6.76. The number of aliphatic hydroxyl groups excluding tert-OH is 1. The van der Waals surface area contributed by atoms with Crippen LogP contribution in [0, 0.1) is 12.7 Å². The number of sulfonamides is 1. The third kappa shape index (κ3) is 3.52. The zero-order valence-corrected chi connectivity index (χ0v) is 11.6. The second-order valence-electron chi connectivity index (χ2n) is 5.04. The smallest absolute Gasteiger partial charge is 0.241 e. The van der Waals surface area contributed by atoms with E-state index >= 15 is 0 Å². The van der Waals surface area contributed by atoms with Crippen LogP contribution in [0.15, 0.2) is 23.1 Å². The molecule has 6 heteroatoms. The van der Waals surface area contributed by atoms with Gasteiger partial charge in [0.1, 0.15) is 5.82 Å². The first-order chi connectivity index (χ1) is 8.88. The van der Waals surface area contributed by atoms with Crippen LogP contribution in [0.1, 0.15) is 31.2 Å². The Balaban J connectivity index is 2.22. The van der Waals surface area contributed by atoms with Gasteiger partial charge in [0.15, 0.2) is 0 Å². The summed E-state index contributed by atoms with van der Waals surface area (Å²) in [5.74, 6) is -0.579. The molecule has 0 aliphatic heterocycles. The van der Waals surface area contributed by atoms with Crippen LogP contribution in [0.2, 0.25) is 0 Å². The lowest BCUT2D eigenvalue weighted by atomic mass is 9.93. The van der Waals surface area contributed by atoms with Gasteiger partial charge in [-0.25, -0.2) is 17.5 Å². The van der Waals surface area contributed by atoms with Crippen LogP contribution in [0.4, 0.5) is 4.39 Å². The molecule has 0 bridgehead atoms. The van der Waals surface area contributed by atoms with E-state index in [1.807, 2.05) is 0 Å². The molecule has 1 aromatic rings. The van der Waals surface area contributed by atoms with Crippen LogP contribution in [-0.2, 0) is 10.0 Å². The van der Waals surface area contributed by atoms with Gasteiger partial charge in [0.25, 0.3) is 0 Å². The van der Waals surface area contributed by atoms with E-state index in [1.165, 1.54) is 12.1 Å². The fourth-order valence-corrected chi connectivity index (χ4v) is 3.79. The number of nitrogens with one attached hydrogen (secondary N) is 1. The second kappa shape index (κ2) is 5.56. The van der Waals surface area contributed by atoms with Crippen molar-refractivity contribution in [2.24, 2.45) is 0 Å². The number of halogens is 1. The molecule has 106 valence electrons. The van der Waals surface area contributed by atoms with Gasteiger partial charge in [0.05, 0.1) is 11.0 Å². The predicted molar refractivity (Wildman–Crippen MR) is 69.7 cm³/mol. The molecule has 0 saturated heterocycles. The highest BCUT2D eigenvalue weighted by Gasteiger charge is 2.28. The molecular formula is C13H18FNO3S. The van der Waals surface area contributed by atoms with Crippen LogP contribution in [0.3, 0.4) is 0 Å². The lowest BCUT2D eigenvalue weighted by Crippen LogP contribution is -2.44. The molecule has 0 amide bonds. The molecule has 2 atom stereocenters. The average Bonchev–Trinajstić information content (AvgIpc) is 2.31. The fraction of sp³-hybridized carbons (Fsp3) is 0.538. The number of hydrogen-bond donors (Lipinski definition) is 2. The van der Waals surface area contributed by atoms with E-state index in [1.54, 1.807) is 6.92 Å². The average molecular weight is 287 g/mol. The fourth-order valence-electron chi connectivity index (χ4n) is 2.37. The van der Waals surface area contributed by atoms with Gasteiger partial charge < -0.3 is 5.11 Å². The van der Waals surface area contributed by atoms with Crippen LogP contribution in [0.5, 0.6) is 0 Å². The minimum absolute atomic E-state index is 0.0947. The highest BCUT2D eigenvalue weighted by molar-refractivity contribution is 7.89. The zero-order chi connectivity index (χ0) is 14.0. The van der Waals surface area contributed by atoms with Crippen molar-refractivity contribution in [2.75, 3.05) is 0 Å². The highest BCUT2D eigenvalue weighted by Crippen LogP contribution is 2.21. The Morgan fingerprint density at radius 3 is 2.58 bits per heavy atom. The topological polar surface area (TPSA) is 66.4 Å². The molecular weight excluding hydrogens is 269 g/mol. The van der Waals surface area contributed by atoms with Crippen molar-refractivity contribution in [1.29, 1.82) is 0 Å². The predicted octanol–water partition coefficient (Wildman–Crippen LogP) is 1.72. The Morgan fingerprint density at radius 1 is 1.26 bits per heavy atom. The van der Waals surface area contributed by atoms with Gasteiger partial charge in [-0.3, -0.25) is 0 Å². The Hall–Kier alpha value is -0.980. The molecule has 4 nitrogen and oxygen atoms in total. The Labute approximate surface area is 112 Å². The first-order valence-electron chi connectivity index (χ1n) is 6.36. The van der Waals surface area contributed by atoms with E-state index in [0.29, 0.717) is 18.4 Å². The number of hydrogen-bond acceptors (Lipinski definition) is 3. The van der Waals surface area contributed by atoms with Crippen molar-refractivity contribution in [1.82, 2.24) is 4.72 Å². The quantitative estimate of drug-likeness (QED) is 0.889. The molecule has 0 spiro atoms. The Morgan fingerprint density at radius 2 is 1.95 bits per heavy atom. The van der Waals surface area contributed by atoms with Crippen LogP contribution >= 0.6 is 0 Å². The summed E-state index contributed by atoms with van der Waals surface area (Å²) in [6, 6.07) is 3.20. The third-order valence-corrected chi connectivity index (χ3v) is 4.83. The van der Waals surface area contributed by atoms with Gasteiger partial charge in [-0.1, -0.05) is 12.8 Å². The lowest BCUT2D eigenvalue weighted by Gasteiger charge is -2.28. The zero-order valence-electron chi connectivity index (χ0n) is 10.8. The molecule has 19 heavy (non-hydrogen) atoms. The van der Waals surface area contributed by atoms with E-state index in [2.05, 4.69) is 4.72 Å². The summed E-state index contributed by atoms with van der Waals surface area (Å²) in [6.07, 6.45) is 2.31. The molecule has 1 aliphatic carbocycles. The van der Waals surface area contributed by atoms with Crippen molar-refractivity contribution in [2.45, 2.75) is 49.6 Å². The third-order valence-electron chi connectivity index (χ3n) is 3.36. The maximum atomic E-state index is 13.3. The normalized spacial score (nSPS) is 24.4. The van der Waals surface area contributed by atoms with E-state index in [9.17, 15) is 17.9 Å². The van der Waals surface area contributed by atoms with Crippen molar-refractivity contribution >= 4 is 10.0 Å². The van der Waals surface area contributed by atoms with Gasteiger partial charge in [-0.15, -0.1) is 0 Å². The molecule has 1 aliphatic rings. The van der Waals surface area contributed by atoms with E-state index in [0.717, 1.165) is 18.9 Å². The molecule has 2 rings (SSSR count). The summed E-state index contributed by atoms with van der Waals surface area (Å²) in [6.45, 7) is 1.64. The van der Waals surface area contributed by atoms with E-state index in [-0.39, 0.29) is 4.90 Å². The van der Waals surface area contributed by atoms with Crippen LogP contribution in [0.25, 0.3) is 0 Å². The largest absolute Gasteiger partial charge is 0.391 e. The van der Waals surface area contributed by atoms with Crippen LogP contribution in [-0.4, -0.2) is 25.7 Å². The minimum atomic E-state index is -3.79. The molecule has 1 aromatic carbocycles. The number of benzene rings is 1. The first-order valence-corrected chi connectivity index (χ1v) is 7.84. The van der Waals surface area contributed by atoms with Crippen molar-refractivity contribution < 1.29 is 17.9 Å². The molecule has 2 unspecified atom stereocenters. The van der Waals surface area contributed by atoms with Crippen molar-refractivity contribution in [3.05, 3.63) is 29.6 Å². The maximum absolute atomic E-state index is 13.3. The van der Waals surface area contributed by atoms with Gasteiger partial charge >= 0.3 is 0 Å². The van der Waals surface area contributed by atoms with Crippen LogP contribution < -0.4 is 4.72 Å². The van der Waals surface area contributed by atoms with Gasteiger partial charge in [0, 0.05) is 6.04 Å².